The normalized spacial score (nSPS) is 10.5. The summed E-state index contributed by atoms with van der Waals surface area (Å²) in [5, 5.41) is 4.97. The number of hydrogen-bond acceptors (Lipinski definition) is 5. The van der Waals surface area contributed by atoms with E-state index >= 15 is 0 Å². The highest BCUT2D eigenvalue weighted by Gasteiger charge is 2.18. The van der Waals surface area contributed by atoms with Gasteiger partial charge in [0.15, 0.2) is 6.61 Å². The standard InChI is InChI=1S/C14H15ClN2O3S/c1-9-13(21-11-7-5-4-6-10(11)15)14(17(2)16-9)20-8-12(18)19-3/h4-7H,8H2,1-3H3. The molecule has 2 aromatic rings. The molecule has 0 N–H and O–H groups in total. The van der Waals surface area contributed by atoms with Crippen LogP contribution in [0.5, 0.6) is 5.88 Å². The summed E-state index contributed by atoms with van der Waals surface area (Å²) in [6, 6.07) is 7.53. The van der Waals surface area contributed by atoms with Gasteiger partial charge in [-0.25, -0.2) is 9.48 Å². The predicted molar refractivity (Wildman–Crippen MR) is 81.0 cm³/mol. The van der Waals surface area contributed by atoms with Crippen molar-refractivity contribution in [1.82, 2.24) is 9.78 Å². The lowest BCUT2D eigenvalue weighted by molar-refractivity contribution is -0.143. The van der Waals surface area contributed by atoms with E-state index in [0.717, 1.165) is 15.5 Å². The molecule has 0 saturated carbocycles. The van der Waals surface area contributed by atoms with Gasteiger partial charge >= 0.3 is 5.97 Å². The zero-order valence-electron chi connectivity index (χ0n) is 11.9. The minimum atomic E-state index is -0.442. The molecule has 0 atom stereocenters. The van der Waals surface area contributed by atoms with Gasteiger partial charge in [-0.3, -0.25) is 0 Å². The largest absolute Gasteiger partial charge is 0.466 e. The highest BCUT2D eigenvalue weighted by atomic mass is 35.5. The summed E-state index contributed by atoms with van der Waals surface area (Å²) in [5.41, 5.74) is 0.808. The van der Waals surface area contributed by atoms with Gasteiger partial charge in [-0.15, -0.1) is 0 Å². The Hall–Kier alpha value is -1.66. The Labute approximate surface area is 132 Å². The number of hydrogen-bond donors (Lipinski definition) is 0. The summed E-state index contributed by atoms with van der Waals surface area (Å²) in [6.07, 6.45) is 0. The van der Waals surface area contributed by atoms with Crippen molar-refractivity contribution in [2.45, 2.75) is 16.7 Å². The Morgan fingerprint density at radius 1 is 1.43 bits per heavy atom. The number of carbonyl (C=O) groups excluding carboxylic acids is 1. The van der Waals surface area contributed by atoms with E-state index in [4.69, 9.17) is 16.3 Å². The maximum Gasteiger partial charge on any atom is 0.343 e. The van der Waals surface area contributed by atoms with Crippen LogP contribution in [-0.4, -0.2) is 29.5 Å². The molecule has 0 saturated heterocycles. The third-order valence-corrected chi connectivity index (χ3v) is 4.41. The second kappa shape index (κ2) is 6.87. The van der Waals surface area contributed by atoms with Crippen molar-refractivity contribution < 1.29 is 14.3 Å². The van der Waals surface area contributed by atoms with Crippen LogP contribution in [0, 0.1) is 6.92 Å². The smallest absolute Gasteiger partial charge is 0.343 e. The van der Waals surface area contributed by atoms with Gasteiger partial charge in [0, 0.05) is 11.9 Å². The summed E-state index contributed by atoms with van der Waals surface area (Å²) in [6.45, 7) is 1.72. The molecule has 2 rings (SSSR count). The van der Waals surface area contributed by atoms with Crippen molar-refractivity contribution >= 4 is 29.3 Å². The van der Waals surface area contributed by atoms with Crippen LogP contribution >= 0.6 is 23.4 Å². The van der Waals surface area contributed by atoms with E-state index in [1.54, 1.807) is 11.7 Å². The number of nitrogens with zero attached hydrogens (tertiary/aromatic N) is 2. The number of carbonyl (C=O) groups is 1. The van der Waals surface area contributed by atoms with Crippen molar-refractivity contribution in [3.63, 3.8) is 0 Å². The third kappa shape index (κ3) is 3.71. The summed E-state index contributed by atoms with van der Waals surface area (Å²) in [5.74, 6) is 0.0744. The van der Waals surface area contributed by atoms with Gasteiger partial charge in [-0.2, -0.15) is 5.10 Å². The maximum absolute atomic E-state index is 11.2. The van der Waals surface area contributed by atoms with Gasteiger partial charge in [0.1, 0.15) is 0 Å². The fraction of sp³-hybridized carbons (Fsp3) is 0.286. The van der Waals surface area contributed by atoms with Crippen molar-refractivity contribution in [2.24, 2.45) is 7.05 Å². The molecule has 0 amide bonds. The molecule has 0 spiro atoms. The first-order chi connectivity index (χ1) is 10.0. The molecule has 0 unspecified atom stereocenters. The predicted octanol–water partition coefficient (Wildman–Crippen LogP) is 3.08. The van der Waals surface area contributed by atoms with E-state index in [9.17, 15) is 4.79 Å². The minimum absolute atomic E-state index is 0.161. The average Bonchev–Trinajstić information content (AvgIpc) is 2.73. The van der Waals surface area contributed by atoms with Gasteiger partial charge < -0.3 is 9.47 Å². The van der Waals surface area contributed by atoms with Gasteiger partial charge in [-0.05, 0) is 19.1 Å². The molecule has 1 aromatic heterocycles. The maximum atomic E-state index is 11.2. The molecular formula is C14H15ClN2O3S. The monoisotopic (exact) mass is 326 g/mol. The highest BCUT2D eigenvalue weighted by molar-refractivity contribution is 7.99. The molecule has 5 nitrogen and oxygen atoms in total. The third-order valence-electron chi connectivity index (χ3n) is 2.72. The first kappa shape index (κ1) is 15.7. The number of aromatic nitrogens is 2. The summed E-state index contributed by atoms with van der Waals surface area (Å²) < 4.78 is 11.7. The van der Waals surface area contributed by atoms with Gasteiger partial charge in [-0.1, -0.05) is 35.5 Å². The van der Waals surface area contributed by atoms with E-state index in [-0.39, 0.29) is 6.61 Å². The fourth-order valence-electron chi connectivity index (χ4n) is 1.72. The van der Waals surface area contributed by atoms with E-state index in [1.165, 1.54) is 18.9 Å². The second-order valence-corrected chi connectivity index (χ2v) is 5.70. The van der Waals surface area contributed by atoms with Crippen molar-refractivity contribution in [2.75, 3.05) is 13.7 Å². The van der Waals surface area contributed by atoms with E-state index < -0.39 is 5.97 Å². The number of halogens is 1. The lowest BCUT2D eigenvalue weighted by Crippen LogP contribution is -2.14. The van der Waals surface area contributed by atoms with Crippen LogP contribution in [0.4, 0.5) is 0 Å². The first-order valence-electron chi connectivity index (χ1n) is 6.18. The van der Waals surface area contributed by atoms with Gasteiger partial charge in [0.05, 0.1) is 22.7 Å². The molecule has 21 heavy (non-hydrogen) atoms. The quantitative estimate of drug-likeness (QED) is 0.790. The van der Waals surface area contributed by atoms with E-state index in [0.29, 0.717) is 10.9 Å². The second-order valence-electron chi connectivity index (χ2n) is 4.24. The Kier molecular flexibility index (Phi) is 5.14. The van der Waals surface area contributed by atoms with E-state index in [2.05, 4.69) is 9.84 Å². The zero-order chi connectivity index (χ0) is 15.4. The molecule has 0 aliphatic carbocycles. The van der Waals surface area contributed by atoms with E-state index in [1.807, 2.05) is 31.2 Å². The average molecular weight is 327 g/mol. The van der Waals surface area contributed by atoms with Crippen LogP contribution in [0.15, 0.2) is 34.1 Å². The van der Waals surface area contributed by atoms with Crippen molar-refractivity contribution in [1.29, 1.82) is 0 Å². The molecule has 0 aliphatic rings. The van der Waals surface area contributed by atoms with Crippen molar-refractivity contribution in [3.8, 4) is 5.88 Å². The Morgan fingerprint density at radius 2 is 2.14 bits per heavy atom. The van der Waals surface area contributed by atoms with Crippen LogP contribution in [0.1, 0.15) is 5.69 Å². The number of ether oxygens (including phenoxy) is 2. The molecule has 1 heterocycles. The van der Waals surface area contributed by atoms with Crippen LogP contribution < -0.4 is 4.74 Å². The van der Waals surface area contributed by atoms with Crippen LogP contribution in [-0.2, 0) is 16.6 Å². The molecule has 1 aromatic carbocycles. The molecule has 0 bridgehead atoms. The summed E-state index contributed by atoms with van der Waals surface area (Å²) >= 11 is 7.63. The molecular weight excluding hydrogens is 312 g/mol. The van der Waals surface area contributed by atoms with Crippen molar-refractivity contribution in [3.05, 3.63) is 35.0 Å². The Balaban J connectivity index is 2.26. The van der Waals surface area contributed by atoms with Crippen LogP contribution in [0.3, 0.4) is 0 Å². The Bertz CT molecular complexity index is 658. The Morgan fingerprint density at radius 3 is 2.81 bits per heavy atom. The number of rotatable bonds is 5. The van der Waals surface area contributed by atoms with Gasteiger partial charge in [0.25, 0.3) is 0 Å². The SMILES string of the molecule is COC(=O)COc1c(Sc2ccccc2Cl)c(C)nn1C. The number of esters is 1. The molecule has 0 radical (unpaired) electrons. The van der Waals surface area contributed by atoms with Crippen LogP contribution in [0.25, 0.3) is 0 Å². The lowest BCUT2D eigenvalue weighted by atomic mass is 10.4. The number of methoxy groups -OCH3 is 1. The lowest BCUT2D eigenvalue weighted by Gasteiger charge is -2.08. The van der Waals surface area contributed by atoms with Gasteiger partial charge in [0.2, 0.25) is 5.88 Å². The molecule has 0 aliphatic heterocycles. The summed E-state index contributed by atoms with van der Waals surface area (Å²) in [7, 11) is 3.08. The highest BCUT2D eigenvalue weighted by Crippen LogP contribution is 2.40. The van der Waals surface area contributed by atoms with Crippen LogP contribution in [0.2, 0.25) is 5.02 Å². The first-order valence-corrected chi connectivity index (χ1v) is 7.38. The molecule has 7 heteroatoms. The molecule has 112 valence electrons. The molecule has 0 fully saturated rings. The minimum Gasteiger partial charge on any atom is -0.466 e. The summed E-state index contributed by atoms with van der Waals surface area (Å²) in [4.78, 5) is 13.0. The fourth-order valence-corrected chi connectivity index (χ4v) is 2.97. The zero-order valence-corrected chi connectivity index (χ0v) is 13.5. The topological polar surface area (TPSA) is 53.4 Å². The number of benzene rings is 1. The number of aryl methyl sites for hydroxylation is 2.